The number of hydrogen-bond donors (Lipinski definition) is 2. The summed E-state index contributed by atoms with van der Waals surface area (Å²) in [4.78, 5) is 26.1. The third-order valence-electron chi connectivity index (χ3n) is 7.94. The molecule has 248 valence electrons. The van der Waals surface area contributed by atoms with Gasteiger partial charge in [-0.05, 0) is 88.2 Å². The van der Waals surface area contributed by atoms with Crippen LogP contribution in [0.3, 0.4) is 0 Å². The highest BCUT2D eigenvalue weighted by Crippen LogP contribution is 2.38. The zero-order chi connectivity index (χ0) is 33.6. The summed E-state index contributed by atoms with van der Waals surface area (Å²) in [6.45, 7) is 11.6. The number of amides is 1. The minimum absolute atomic E-state index is 0.268. The molecule has 0 saturated heterocycles. The van der Waals surface area contributed by atoms with Crippen molar-refractivity contribution in [2.45, 2.75) is 65.7 Å². The molecule has 2 aromatic carbocycles. The van der Waals surface area contributed by atoms with Gasteiger partial charge in [-0.15, -0.1) is 0 Å². The van der Waals surface area contributed by atoms with E-state index in [9.17, 15) is 9.18 Å². The summed E-state index contributed by atoms with van der Waals surface area (Å²) in [6, 6.07) is 10.7. The van der Waals surface area contributed by atoms with Gasteiger partial charge in [0.1, 0.15) is 11.6 Å². The summed E-state index contributed by atoms with van der Waals surface area (Å²) in [7, 11) is 7.61. The Balaban J connectivity index is 2.11. The number of carbonyl (C=O) groups is 1. The molecule has 3 aromatic rings. The summed E-state index contributed by atoms with van der Waals surface area (Å²) in [5.74, 6) is 0.335. The van der Waals surface area contributed by atoms with Gasteiger partial charge in [0.2, 0.25) is 11.9 Å². The number of unbranched alkanes of at least 4 members (excludes halogenated alkanes) is 3. The molecule has 1 amide bonds. The van der Waals surface area contributed by atoms with Crippen LogP contribution in [-0.2, 0) is 11.2 Å². The summed E-state index contributed by atoms with van der Waals surface area (Å²) in [5.41, 5.74) is 6.79. The number of benzene rings is 2. The van der Waals surface area contributed by atoms with Gasteiger partial charge in [0.15, 0.2) is 0 Å². The fourth-order valence-electron chi connectivity index (χ4n) is 5.30. The first-order chi connectivity index (χ1) is 22.1. The minimum atomic E-state index is -0.320. The van der Waals surface area contributed by atoms with E-state index in [2.05, 4.69) is 52.8 Å². The van der Waals surface area contributed by atoms with Crippen LogP contribution < -0.4 is 20.3 Å². The van der Waals surface area contributed by atoms with Crippen molar-refractivity contribution in [1.82, 2.24) is 14.9 Å². The molecule has 8 nitrogen and oxygen atoms in total. The van der Waals surface area contributed by atoms with Crippen molar-refractivity contribution in [1.29, 1.82) is 0 Å². The number of hydrogen-bond acceptors (Lipinski definition) is 7. The van der Waals surface area contributed by atoms with Crippen LogP contribution in [0.5, 0.6) is 5.75 Å². The number of ether oxygens (including phenoxy) is 1. The molecule has 0 saturated carbocycles. The van der Waals surface area contributed by atoms with Crippen molar-refractivity contribution in [3.05, 3.63) is 83.5 Å². The maximum atomic E-state index is 14.8. The lowest BCUT2D eigenvalue weighted by Crippen LogP contribution is -2.29. The second-order valence-electron chi connectivity index (χ2n) is 11.9. The SMILES string of the molecule is C=CC(=O)Nc1cc(Nc2nccc(/C(=C(/C)CCCCC)c3cc(F)ccc3CCCC)n2)c(OC)cc1N(C)CCN(C)C. The van der Waals surface area contributed by atoms with Gasteiger partial charge in [-0.1, -0.05) is 51.3 Å². The second-order valence-corrected chi connectivity index (χ2v) is 11.9. The van der Waals surface area contributed by atoms with Gasteiger partial charge < -0.3 is 25.2 Å². The molecule has 0 aliphatic rings. The van der Waals surface area contributed by atoms with E-state index in [4.69, 9.17) is 9.72 Å². The van der Waals surface area contributed by atoms with Gasteiger partial charge in [0.05, 0.1) is 29.9 Å². The molecule has 0 radical (unpaired) electrons. The van der Waals surface area contributed by atoms with E-state index in [0.29, 0.717) is 28.8 Å². The zero-order valence-electron chi connectivity index (χ0n) is 28.7. The maximum Gasteiger partial charge on any atom is 0.247 e. The van der Waals surface area contributed by atoms with Crippen molar-refractivity contribution < 1.29 is 13.9 Å². The fraction of sp³-hybridized carbons (Fsp3) is 0.432. The highest BCUT2D eigenvalue weighted by atomic mass is 19.1. The normalized spacial score (nSPS) is 11.7. The van der Waals surface area contributed by atoms with Gasteiger partial charge in [-0.25, -0.2) is 14.4 Å². The van der Waals surface area contributed by atoms with Crippen LogP contribution in [0.4, 0.5) is 27.4 Å². The molecular formula is C37H51FN6O2. The van der Waals surface area contributed by atoms with Gasteiger partial charge in [-0.3, -0.25) is 4.79 Å². The Bertz CT molecular complexity index is 1500. The molecular weight excluding hydrogens is 579 g/mol. The molecule has 0 bridgehead atoms. The Morgan fingerprint density at radius 1 is 1.02 bits per heavy atom. The van der Waals surface area contributed by atoms with E-state index in [-0.39, 0.29) is 11.7 Å². The molecule has 2 N–H and O–H groups in total. The monoisotopic (exact) mass is 630 g/mol. The first-order valence-electron chi connectivity index (χ1n) is 16.2. The highest BCUT2D eigenvalue weighted by Gasteiger charge is 2.19. The molecule has 0 aliphatic carbocycles. The molecule has 3 rings (SSSR count). The Labute approximate surface area is 274 Å². The van der Waals surface area contributed by atoms with Crippen LogP contribution in [0.15, 0.2) is 60.8 Å². The van der Waals surface area contributed by atoms with E-state index in [1.807, 2.05) is 45.4 Å². The Morgan fingerprint density at radius 3 is 2.46 bits per heavy atom. The first-order valence-corrected chi connectivity index (χ1v) is 16.2. The van der Waals surface area contributed by atoms with Crippen LogP contribution in [0.1, 0.15) is 76.1 Å². The van der Waals surface area contributed by atoms with E-state index >= 15 is 0 Å². The average Bonchev–Trinajstić information content (AvgIpc) is 3.03. The van der Waals surface area contributed by atoms with E-state index in [1.54, 1.807) is 25.4 Å². The Hall–Kier alpha value is -4.24. The minimum Gasteiger partial charge on any atom is -0.494 e. The van der Waals surface area contributed by atoms with Crippen LogP contribution >= 0.6 is 0 Å². The second kappa shape index (κ2) is 18.0. The molecule has 0 unspecified atom stereocenters. The van der Waals surface area contributed by atoms with Gasteiger partial charge in [0.25, 0.3) is 0 Å². The van der Waals surface area contributed by atoms with Crippen molar-refractivity contribution in [2.24, 2.45) is 0 Å². The number of aromatic nitrogens is 2. The van der Waals surface area contributed by atoms with Crippen molar-refractivity contribution in [3.63, 3.8) is 0 Å². The van der Waals surface area contributed by atoms with Gasteiger partial charge in [-0.2, -0.15) is 0 Å². The highest BCUT2D eigenvalue weighted by molar-refractivity contribution is 6.02. The van der Waals surface area contributed by atoms with Gasteiger partial charge in [0, 0.05) is 38.0 Å². The van der Waals surface area contributed by atoms with E-state index in [1.165, 1.54) is 11.6 Å². The van der Waals surface area contributed by atoms with Crippen molar-refractivity contribution in [3.8, 4) is 5.75 Å². The summed E-state index contributed by atoms with van der Waals surface area (Å²) < 4.78 is 20.6. The number of aryl methyl sites for hydroxylation is 1. The molecule has 0 spiro atoms. The lowest BCUT2D eigenvalue weighted by Gasteiger charge is -2.26. The molecule has 0 aliphatic heterocycles. The number of rotatable bonds is 18. The number of nitrogens with zero attached hydrogens (tertiary/aromatic N) is 4. The molecule has 9 heteroatoms. The first kappa shape index (κ1) is 36.2. The van der Waals surface area contributed by atoms with Crippen LogP contribution in [0, 0.1) is 5.82 Å². The molecule has 1 aromatic heterocycles. The molecule has 1 heterocycles. The standard InChI is InChI=1S/C37H51FN6O2/c1-9-12-14-15-26(4)36(29-23-28(38)18-17-27(29)16-13-10-2)30-19-20-39-37(41-30)42-32-24-31(40-35(45)11-3)33(25-34(32)46-8)44(7)22-21-43(5)6/h11,17-20,23-25H,3,9-10,12-16,21-22H2,1-2,4-8H3,(H,40,45)(H,39,41,42)/b36-26-. The Kier molecular flexibility index (Phi) is 14.2. The number of anilines is 4. The largest absolute Gasteiger partial charge is 0.494 e. The molecule has 46 heavy (non-hydrogen) atoms. The van der Waals surface area contributed by atoms with E-state index in [0.717, 1.165) is 80.4 Å². The quantitative estimate of drug-likeness (QED) is 0.108. The lowest BCUT2D eigenvalue weighted by molar-refractivity contribution is -0.111. The molecule has 0 atom stereocenters. The number of methoxy groups -OCH3 is 1. The maximum absolute atomic E-state index is 14.8. The third kappa shape index (κ3) is 10.1. The lowest BCUT2D eigenvalue weighted by atomic mass is 9.89. The fourth-order valence-corrected chi connectivity index (χ4v) is 5.30. The third-order valence-corrected chi connectivity index (χ3v) is 7.94. The summed E-state index contributed by atoms with van der Waals surface area (Å²) in [6.07, 6.45) is 10.1. The smallest absolute Gasteiger partial charge is 0.247 e. The average molecular weight is 631 g/mol. The number of nitrogens with one attached hydrogen (secondary N) is 2. The number of likely N-dealkylation sites (N-methyl/N-ethyl adjacent to an activating group) is 2. The van der Waals surface area contributed by atoms with Crippen LogP contribution in [-0.4, -0.2) is 62.1 Å². The van der Waals surface area contributed by atoms with Gasteiger partial charge >= 0.3 is 0 Å². The predicted octanol–water partition coefficient (Wildman–Crippen LogP) is 8.23. The molecule has 0 fully saturated rings. The van der Waals surface area contributed by atoms with Crippen molar-refractivity contribution in [2.75, 3.05) is 56.9 Å². The number of halogens is 1. The van der Waals surface area contributed by atoms with Crippen molar-refractivity contribution >= 4 is 34.5 Å². The number of allylic oxidation sites excluding steroid dienone is 1. The Morgan fingerprint density at radius 2 is 1.78 bits per heavy atom. The summed E-state index contributed by atoms with van der Waals surface area (Å²) in [5, 5.41) is 6.26. The zero-order valence-corrected chi connectivity index (χ0v) is 28.7. The predicted molar refractivity (Wildman–Crippen MR) is 190 cm³/mol. The van der Waals surface area contributed by atoms with E-state index < -0.39 is 0 Å². The van der Waals surface area contributed by atoms with Crippen LogP contribution in [0.25, 0.3) is 5.57 Å². The topological polar surface area (TPSA) is 82.6 Å². The number of carbonyl (C=O) groups excluding carboxylic acids is 1. The summed E-state index contributed by atoms with van der Waals surface area (Å²) >= 11 is 0. The van der Waals surface area contributed by atoms with Crippen LogP contribution in [0.2, 0.25) is 0 Å².